The van der Waals surface area contributed by atoms with Crippen LogP contribution in [0.5, 0.6) is 5.75 Å². The van der Waals surface area contributed by atoms with Gasteiger partial charge in [-0.2, -0.15) is 0 Å². The van der Waals surface area contributed by atoms with Crippen LogP contribution in [-0.4, -0.2) is 69.2 Å². The molecule has 5 atom stereocenters. The molecule has 2 aromatic heterocycles. The van der Waals surface area contributed by atoms with E-state index in [1.807, 2.05) is 56.3 Å². The highest BCUT2D eigenvalue weighted by molar-refractivity contribution is 5.93. The third-order valence-electron chi connectivity index (χ3n) is 10.3. The molecule has 4 bridgehead atoms. The van der Waals surface area contributed by atoms with Crippen LogP contribution >= 0.6 is 0 Å². The summed E-state index contributed by atoms with van der Waals surface area (Å²) >= 11 is 0. The predicted molar refractivity (Wildman–Crippen MR) is 180 cm³/mol. The van der Waals surface area contributed by atoms with Crippen molar-refractivity contribution in [3.63, 3.8) is 0 Å². The maximum Gasteiger partial charge on any atom is 0.275 e. The first kappa shape index (κ1) is 32.1. The summed E-state index contributed by atoms with van der Waals surface area (Å²) in [4.78, 5) is 51.9. The van der Waals surface area contributed by atoms with Crippen LogP contribution in [0.15, 0.2) is 57.6 Å². The third-order valence-corrected chi connectivity index (χ3v) is 10.3. The van der Waals surface area contributed by atoms with Gasteiger partial charge < -0.3 is 39.5 Å². The molecule has 260 valence electrons. The summed E-state index contributed by atoms with van der Waals surface area (Å²) in [6.45, 7) is 8.67. The van der Waals surface area contributed by atoms with Crippen LogP contribution < -0.4 is 20.7 Å². The number of carbonyl (C=O) groups excluding carboxylic acids is 3. The van der Waals surface area contributed by atoms with Crippen LogP contribution in [0, 0.1) is 11.8 Å². The molecule has 4 aliphatic rings. The first-order valence-electron chi connectivity index (χ1n) is 17.3. The van der Waals surface area contributed by atoms with E-state index in [9.17, 15) is 19.5 Å². The first-order valence-corrected chi connectivity index (χ1v) is 17.3. The molecule has 2 aromatic carbocycles. The first-order chi connectivity index (χ1) is 24.1. The maximum atomic E-state index is 14.0. The van der Waals surface area contributed by atoms with E-state index in [1.165, 1.54) is 6.26 Å². The van der Waals surface area contributed by atoms with Gasteiger partial charge in [0.2, 0.25) is 23.6 Å². The fraction of sp³-hybridized carbons (Fsp3) is 0.432. The van der Waals surface area contributed by atoms with Crippen molar-refractivity contribution >= 4 is 23.4 Å². The molecule has 0 radical (unpaired) electrons. The fourth-order valence-electron chi connectivity index (χ4n) is 7.57. The second-order valence-electron chi connectivity index (χ2n) is 14.3. The van der Waals surface area contributed by atoms with Crippen LogP contribution in [0.2, 0.25) is 0 Å². The number of hydrogen-bond donors (Lipinski definition) is 4. The molecule has 4 aliphatic heterocycles. The number of aromatic nitrogens is 2. The highest BCUT2D eigenvalue weighted by atomic mass is 16.5. The molecule has 0 aliphatic carbocycles. The maximum absolute atomic E-state index is 14.0. The number of aliphatic hydroxyl groups excluding tert-OH is 1. The molecule has 1 spiro atoms. The number of amides is 3. The zero-order chi connectivity index (χ0) is 34.9. The average molecular weight is 681 g/mol. The molecule has 4 aromatic rings. The van der Waals surface area contributed by atoms with E-state index < -0.39 is 41.6 Å². The van der Waals surface area contributed by atoms with Gasteiger partial charge in [-0.05, 0) is 47.9 Å². The van der Waals surface area contributed by atoms with E-state index in [0.717, 1.165) is 35.2 Å². The van der Waals surface area contributed by atoms with Gasteiger partial charge >= 0.3 is 0 Å². The number of nitrogens with zero attached hydrogens (tertiary/aromatic N) is 3. The van der Waals surface area contributed by atoms with Crippen molar-refractivity contribution in [2.75, 3.05) is 18.4 Å². The lowest BCUT2D eigenvalue weighted by Gasteiger charge is -2.29. The number of nitrogens with one attached hydrogen (secondary N) is 3. The highest BCUT2D eigenvalue weighted by Crippen LogP contribution is 2.59. The van der Waals surface area contributed by atoms with Crippen molar-refractivity contribution < 1.29 is 33.1 Å². The number of fused-ring (bicyclic) bond motifs is 4. The van der Waals surface area contributed by atoms with Crippen LogP contribution in [0.4, 0.5) is 5.69 Å². The van der Waals surface area contributed by atoms with Gasteiger partial charge in [-0.1, -0.05) is 58.0 Å². The van der Waals surface area contributed by atoms with Crippen molar-refractivity contribution in [2.24, 2.45) is 11.8 Å². The molecule has 1 saturated heterocycles. The monoisotopic (exact) mass is 680 g/mol. The lowest BCUT2D eigenvalue weighted by Crippen LogP contribution is -2.52. The number of anilines is 1. The van der Waals surface area contributed by atoms with Gasteiger partial charge in [-0.15, -0.1) is 0 Å². The molecule has 1 unspecified atom stereocenters. The smallest absolute Gasteiger partial charge is 0.275 e. The number of benzene rings is 2. The Kier molecular flexibility index (Phi) is 7.70. The molecule has 3 amide bonds. The fourth-order valence-corrected chi connectivity index (χ4v) is 7.57. The normalized spacial score (nSPS) is 24.1. The van der Waals surface area contributed by atoms with Crippen molar-refractivity contribution in [3.8, 4) is 17.3 Å². The summed E-state index contributed by atoms with van der Waals surface area (Å²) in [5.41, 5.74) is 2.66. The lowest BCUT2D eigenvalue weighted by atomic mass is 9.72. The summed E-state index contributed by atoms with van der Waals surface area (Å²) in [5, 5.41) is 19.9. The molecule has 8 rings (SSSR count). The Bertz CT molecular complexity index is 1990. The van der Waals surface area contributed by atoms with Crippen LogP contribution in [-0.2, 0) is 21.4 Å². The Morgan fingerprint density at radius 3 is 2.58 bits per heavy atom. The van der Waals surface area contributed by atoms with E-state index in [0.29, 0.717) is 24.6 Å². The van der Waals surface area contributed by atoms with Gasteiger partial charge in [0.15, 0.2) is 23.4 Å². The summed E-state index contributed by atoms with van der Waals surface area (Å²) in [7, 11) is 0. The number of para-hydroxylation sites is 1. The summed E-state index contributed by atoms with van der Waals surface area (Å²) < 4.78 is 19.5. The van der Waals surface area contributed by atoms with Crippen molar-refractivity contribution in [1.82, 2.24) is 25.5 Å². The second kappa shape index (κ2) is 12.0. The van der Waals surface area contributed by atoms with Gasteiger partial charge in [0.1, 0.15) is 35.6 Å². The quantitative estimate of drug-likeness (QED) is 0.234. The number of ether oxygens (including phenoxy) is 1. The lowest BCUT2D eigenvalue weighted by molar-refractivity contribution is -0.135. The number of carbonyl (C=O) groups is 3. The largest absolute Gasteiger partial charge is 0.469 e. The van der Waals surface area contributed by atoms with Crippen molar-refractivity contribution in [3.05, 3.63) is 82.8 Å². The zero-order valence-corrected chi connectivity index (χ0v) is 28.4. The van der Waals surface area contributed by atoms with E-state index in [4.69, 9.17) is 18.6 Å². The van der Waals surface area contributed by atoms with E-state index >= 15 is 0 Å². The average Bonchev–Trinajstić information content (AvgIpc) is 3.93. The minimum absolute atomic E-state index is 0.108. The molecular formula is C37H40N6O7. The molecule has 4 N–H and O–H groups in total. The Labute approximate surface area is 288 Å². The van der Waals surface area contributed by atoms with Crippen molar-refractivity contribution in [2.45, 2.75) is 76.8 Å². The Morgan fingerprint density at radius 1 is 1.04 bits per heavy atom. The summed E-state index contributed by atoms with van der Waals surface area (Å²) in [6, 6.07) is 11.8. The molecule has 13 nitrogen and oxygen atoms in total. The Balaban J connectivity index is 1.33. The Hall–Kier alpha value is -5.17. The molecule has 1 fully saturated rings. The number of aliphatic hydroxyl groups is 1. The molecular weight excluding hydrogens is 640 g/mol. The number of oxazole rings is 2. The van der Waals surface area contributed by atoms with Gasteiger partial charge in [0, 0.05) is 30.8 Å². The summed E-state index contributed by atoms with van der Waals surface area (Å²) in [5.74, 6) is -0.518. The van der Waals surface area contributed by atoms with Crippen LogP contribution in [0.3, 0.4) is 0 Å². The van der Waals surface area contributed by atoms with Crippen molar-refractivity contribution in [1.29, 1.82) is 0 Å². The molecule has 50 heavy (non-hydrogen) atoms. The Morgan fingerprint density at radius 2 is 1.82 bits per heavy atom. The van der Waals surface area contributed by atoms with E-state index in [-0.39, 0.29) is 47.3 Å². The zero-order valence-electron chi connectivity index (χ0n) is 28.4. The van der Waals surface area contributed by atoms with Gasteiger partial charge in [0.25, 0.3) is 5.91 Å². The molecule has 0 saturated carbocycles. The molecule has 13 heteroatoms. The van der Waals surface area contributed by atoms with Crippen LogP contribution in [0.1, 0.15) is 85.4 Å². The number of likely N-dealkylation sites (tertiary alicyclic amines) is 1. The predicted octanol–water partition coefficient (Wildman–Crippen LogP) is 3.92. The van der Waals surface area contributed by atoms with Crippen LogP contribution in [0.25, 0.3) is 11.6 Å². The minimum Gasteiger partial charge on any atom is -0.469 e. The SMILES string of the molecule is CC(C)[C@H](O)C(=O)N[C@H]1Cc2ccc3c(c2)[C@@]2(c4ccccc4NC2O3)c2oc(nc2-c2nc(C(=O)N3CCCC3)co2)[C@H](C(C)C)NC1=O. The number of hydrogen-bond acceptors (Lipinski definition) is 10. The second-order valence-corrected chi connectivity index (χ2v) is 14.3. The topological polar surface area (TPSA) is 172 Å². The standard InChI is InChI=1S/C37H40N6O7/c1-18(2)27-34-42-28(33-39-25(17-48-33)35(47)43-13-7-8-14-43)30(50-34)37-21-9-5-6-10-23(21)40-36(37)49-26-12-11-20(15-22(26)37)16-24(31(45)41-27)38-32(46)29(44)19(3)4/h5-6,9-12,15,17-19,24,27,29,36,40,44H,7-8,13-14,16H2,1-4H3,(H,38,46)(H,41,45)/t24-,27-,29-,36?,37-/m0/s1. The summed E-state index contributed by atoms with van der Waals surface area (Å²) in [6.07, 6.45) is 1.46. The van der Waals surface area contributed by atoms with Gasteiger partial charge in [-0.3, -0.25) is 14.4 Å². The minimum atomic E-state index is -1.29. The van der Waals surface area contributed by atoms with Gasteiger partial charge in [0.05, 0.1) is 0 Å². The highest BCUT2D eigenvalue weighted by Gasteiger charge is 2.61. The van der Waals surface area contributed by atoms with Gasteiger partial charge in [-0.25, -0.2) is 9.97 Å². The van der Waals surface area contributed by atoms with E-state index in [2.05, 4.69) is 20.9 Å². The van der Waals surface area contributed by atoms with E-state index in [1.54, 1.807) is 18.7 Å². The number of rotatable bonds is 6. The third kappa shape index (κ3) is 4.97. The molecule has 6 heterocycles.